The minimum Gasteiger partial charge on any atom is -0.495 e. The molecule has 0 amide bonds. The van der Waals surface area contributed by atoms with E-state index in [1.54, 1.807) is 6.07 Å². The van der Waals surface area contributed by atoms with E-state index in [1.165, 1.54) is 19.2 Å². The van der Waals surface area contributed by atoms with Gasteiger partial charge in [-0.1, -0.05) is 0 Å². The quantitative estimate of drug-likeness (QED) is 0.743. The minimum absolute atomic E-state index is 0.119. The molecule has 0 atom stereocenters. The van der Waals surface area contributed by atoms with Crippen molar-refractivity contribution in [2.75, 3.05) is 50.5 Å². The van der Waals surface area contributed by atoms with E-state index in [-0.39, 0.29) is 10.6 Å². The van der Waals surface area contributed by atoms with Crippen molar-refractivity contribution < 1.29 is 13.2 Å². The second-order valence-corrected chi connectivity index (χ2v) is 7.72. The van der Waals surface area contributed by atoms with Crippen LogP contribution in [0.25, 0.3) is 0 Å². The number of hydrogen-bond donors (Lipinski definition) is 2. The maximum Gasteiger partial charge on any atom is 0.244 e. The third-order valence-electron chi connectivity index (χ3n) is 3.30. The molecule has 118 valence electrons. The smallest absolute Gasteiger partial charge is 0.244 e. The molecule has 2 rings (SSSR count). The molecule has 1 heterocycles. The molecule has 0 aromatic heterocycles. The lowest BCUT2D eigenvalue weighted by Gasteiger charge is -2.26. The van der Waals surface area contributed by atoms with E-state index in [4.69, 9.17) is 10.5 Å². The van der Waals surface area contributed by atoms with Gasteiger partial charge < -0.3 is 15.4 Å². The molecular formula is C13H21N3O3S2. The molecule has 0 saturated carbocycles. The molecule has 0 aliphatic carbocycles. The van der Waals surface area contributed by atoms with Crippen LogP contribution < -0.4 is 15.2 Å². The number of nitrogens with two attached hydrogens (primary N) is 1. The van der Waals surface area contributed by atoms with Gasteiger partial charge in [0.05, 0.1) is 7.11 Å². The average Bonchev–Trinajstić information content (AvgIpc) is 2.47. The lowest BCUT2D eigenvalue weighted by atomic mass is 10.3. The van der Waals surface area contributed by atoms with Crippen molar-refractivity contribution in [3.8, 4) is 5.75 Å². The van der Waals surface area contributed by atoms with Crippen LogP contribution in [0, 0.1) is 0 Å². The van der Waals surface area contributed by atoms with Crippen molar-refractivity contribution in [1.29, 1.82) is 0 Å². The highest BCUT2D eigenvalue weighted by Crippen LogP contribution is 2.25. The summed E-state index contributed by atoms with van der Waals surface area (Å²) in [6.07, 6.45) is 0. The molecular weight excluding hydrogens is 310 g/mol. The first-order chi connectivity index (χ1) is 10.0. The Labute approximate surface area is 130 Å². The Morgan fingerprint density at radius 3 is 2.76 bits per heavy atom. The molecule has 6 nitrogen and oxygen atoms in total. The van der Waals surface area contributed by atoms with E-state index in [0.29, 0.717) is 12.2 Å². The number of methoxy groups -OCH3 is 1. The third-order valence-corrected chi connectivity index (χ3v) is 5.74. The fourth-order valence-electron chi connectivity index (χ4n) is 2.15. The van der Waals surface area contributed by atoms with Crippen LogP contribution in [0.2, 0.25) is 0 Å². The Kier molecular flexibility index (Phi) is 5.74. The SMILES string of the molecule is COc1cc(N)ccc1S(=O)(=O)NCCN1CCSCC1. The number of nitrogens with zero attached hydrogens (tertiary/aromatic N) is 1. The highest BCUT2D eigenvalue weighted by molar-refractivity contribution is 7.99. The molecule has 1 fully saturated rings. The van der Waals surface area contributed by atoms with E-state index in [2.05, 4.69) is 9.62 Å². The second kappa shape index (κ2) is 7.35. The molecule has 21 heavy (non-hydrogen) atoms. The highest BCUT2D eigenvalue weighted by Gasteiger charge is 2.19. The highest BCUT2D eigenvalue weighted by atomic mass is 32.2. The molecule has 1 aliphatic heterocycles. The minimum atomic E-state index is -3.58. The molecule has 3 N–H and O–H groups in total. The van der Waals surface area contributed by atoms with Crippen LogP contribution in [-0.4, -0.2) is 58.1 Å². The molecule has 1 aliphatic rings. The van der Waals surface area contributed by atoms with Crippen LogP contribution in [0.3, 0.4) is 0 Å². The van der Waals surface area contributed by atoms with Gasteiger partial charge in [0, 0.05) is 49.4 Å². The molecule has 1 saturated heterocycles. The summed E-state index contributed by atoms with van der Waals surface area (Å²) in [5.41, 5.74) is 6.11. The number of hydrogen-bond acceptors (Lipinski definition) is 6. The largest absolute Gasteiger partial charge is 0.495 e. The zero-order valence-electron chi connectivity index (χ0n) is 12.0. The first kappa shape index (κ1) is 16.4. The maximum absolute atomic E-state index is 12.3. The fraction of sp³-hybridized carbons (Fsp3) is 0.538. The number of rotatable bonds is 6. The van der Waals surface area contributed by atoms with Crippen molar-refractivity contribution in [2.24, 2.45) is 0 Å². The Morgan fingerprint density at radius 2 is 2.10 bits per heavy atom. The summed E-state index contributed by atoms with van der Waals surface area (Å²) in [6, 6.07) is 4.53. The van der Waals surface area contributed by atoms with E-state index >= 15 is 0 Å². The molecule has 8 heteroatoms. The fourth-order valence-corrected chi connectivity index (χ4v) is 4.30. The second-order valence-electron chi connectivity index (χ2n) is 4.76. The first-order valence-corrected chi connectivity index (χ1v) is 9.40. The van der Waals surface area contributed by atoms with E-state index in [0.717, 1.165) is 31.1 Å². The van der Waals surface area contributed by atoms with Crippen LogP contribution in [0.15, 0.2) is 23.1 Å². The van der Waals surface area contributed by atoms with Gasteiger partial charge in [0.25, 0.3) is 0 Å². The van der Waals surface area contributed by atoms with Gasteiger partial charge in [-0.3, -0.25) is 0 Å². The number of anilines is 1. The monoisotopic (exact) mass is 331 g/mol. The molecule has 0 spiro atoms. The average molecular weight is 331 g/mol. The molecule has 0 bridgehead atoms. The number of nitrogens with one attached hydrogen (secondary N) is 1. The van der Waals surface area contributed by atoms with Crippen molar-refractivity contribution in [1.82, 2.24) is 9.62 Å². The molecule has 0 radical (unpaired) electrons. The van der Waals surface area contributed by atoms with Crippen molar-refractivity contribution in [3.05, 3.63) is 18.2 Å². The Bertz CT molecular complexity index is 572. The standard InChI is InChI=1S/C13H21N3O3S2/c1-19-12-10-11(14)2-3-13(12)21(17,18)15-4-5-16-6-8-20-9-7-16/h2-3,10,15H,4-9,14H2,1H3. The van der Waals surface area contributed by atoms with Gasteiger partial charge in [-0.25, -0.2) is 13.1 Å². The summed E-state index contributed by atoms with van der Waals surface area (Å²) in [4.78, 5) is 2.38. The van der Waals surface area contributed by atoms with Crippen LogP contribution in [0.5, 0.6) is 5.75 Å². The number of thioether (sulfide) groups is 1. The van der Waals surface area contributed by atoms with Gasteiger partial charge in [0.2, 0.25) is 10.0 Å². The van der Waals surface area contributed by atoms with Gasteiger partial charge in [-0.05, 0) is 12.1 Å². The lowest BCUT2D eigenvalue weighted by Crippen LogP contribution is -2.39. The topological polar surface area (TPSA) is 84.7 Å². The van der Waals surface area contributed by atoms with Crippen molar-refractivity contribution in [3.63, 3.8) is 0 Å². The Hall–Kier alpha value is -0.960. The number of sulfonamides is 1. The predicted molar refractivity (Wildman–Crippen MR) is 86.4 cm³/mol. The number of ether oxygens (including phenoxy) is 1. The van der Waals surface area contributed by atoms with E-state index < -0.39 is 10.0 Å². The van der Waals surface area contributed by atoms with Gasteiger partial charge in [-0.15, -0.1) is 0 Å². The zero-order chi connectivity index (χ0) is 15.3. The van der Waals surface area contributed by atoms with Crippen LogP contribution >= 0.6 is 11.8 Å². The normalized spacial score (nSPS) is 16.8. The van der Waals surface area contributed by atoms with E-state index in [9.17, 15) is 8.42 Å². The predicted octanol–water partition coefficient (Wildman–Crippen LogP) is 0.605. The van der Waals surface area contributed by atoms with Crippen LogP contribution in [0.4, 0.5) is 5.69 Å². The Balaban J connectivity index is 1.98. The van der Waals surface area contributed by atoms with Gasteiger partial charge in [0.1, 0.15) is 10.6 Å². The van der Waals surface area contributed by atoms with Gasteiger partial charge in [-0.2, -0.15) is 11.8 Å². The van der Waals surface area contributed by atoms with Crippen molar-refractivity contribution >= 4 is 27.5 Å². The number of nitrogen functional groups attached to an aromatic ring is 1. The summed E-state index contributed by atoms with van der Waals surface area (Å²) in [5, 5.41) is 0. The van der Waals surface area contributed by atoms with Gasteiger partial charge >= 0.3 is 0 Å². The zero-order valence-corrected chi connectivity index (χ0v) is 13.7. The van der Waals surface area contributed by atoms with Crippen molar-refractivity contribution in [2.45, 2.75) is 4.90 Å². The van der Waals surface area contributed by atoms with Gasteiger partial charge in [0.15, 0.2) is 0 Å². The van der Waals surface area contributed by atoms with Crippen LogP contribution in [0.1, 0.15) is 0 Å². The Morgan fingerprint density at radius 1 is 1.38 bits per heavy atom. The lowest BCUT2D eigenvalue weighted by molar-refractivity contribution is 0.307. The summed E-state index contributed by atoms with van der Waals surface area (Å²) < 4.78 is 32.3. The molecule has 1 aromatic rings. The summed E-state index contributed by atoms with van der Waals surface area (Å²) >= 11 is 1.93. The third kappa shape index (κ3) is 4.50. The summed E-state index contributed by atoms with van der Waals surface area (Å²) in [6.45, 7) is 3.13. The summed E-state index contributed by atoms with van der Waals surface area (Å²) in [5.74, 6) is 2.48. The summed E-state index contributed by atoms with van der Waals surface area (Å²) in [7, 11) is -2.15. The first-order valence-electron chi connectivity index (χ1n) is 6.76. The maximum atomic E-state index is 12.3. The molecule has 0 unspecified atom stereocenters. The van der Waals surface area contributed by atoms with E-state index in [1.807, 2.05) is 11.8 Å². The van der Waals surface area contributed by atoms with Crippen LogP contribution in [-0.2, 0) is 10.0 Å². The number of benzene rings is 1. The molecule has 1 aromatic carbocycles.